The van der Waals surface area contributed by atoms with Crippen molar-refractivity contribution in [3.63, 3.8) is 0 Å². The van der Waals surface area contributed by atoms with Crippen LogP contribution < -0.4 is 18.1 Å². The van der Waals surface area contributed by atoms with E-state index in [0.29, 0.717) is 23.6 Å². The zero-order valence-corrected chi connectivity index (χ0v) is 16.9. The number of likely N-dealkylation sites (N-methyl/N-ethyl adjacent to an activating group) is 1. The molecule has 1 aromatic carbocycles. The molecule has 0 saturated carbocycles. The average Bonchev–Trinajstić information content (AvgIpc) is 3.07. The molecule has 2 heterocycles. The molecule has 0 spiro atoms. The molecule has 4 nitrogen and oxygen atoms in total. The highest BCUT2D eigenvalue weighted by atomic mass is 35.5. The normalized spacial score (nSPS) is 38.3. The predicted octanol–water partition coefficient (Wildman–Crippen LogP) is -0.363. The summed E-state index contributed by atoms with van der Waals surface area (Å²) in [5.74, 6) is 0.263. The lowest BCUT2D eigenvalue weighted by atomic mass is 9.58. The maximum atomic E-state index is 11.6. The number of benzene rings is 1. The Kier molecular flexibility index (Phi) is 5.15. The summed E-state index contributed by atoms with van der Waals surface area (Å²) < 4.78 is 7.09. The van der Waals surface area contributed by atoms with Crippen molar-refractivity contribution in [2.45, 2.75) is 57.1 Å². The van der Waals surface area contributed by atoms with Gasteiger partial charge in [0.25, 0.3) is 0 Å². The number of hydrogen-bond acceptors (Lipinski definition) is 2. The van der Waals surface area contributed by atoms with Crippen molar-refractivity contribution < 1.29 is 26.4 Å². The summed E-state index contributed by atoms with van der Waals surface area (Å²) >= 11 is 0. The van der Waals surface area contributed by atoms with Crippen LogP contribution in [0.5, 0.6) is 0 Å². The average molecular weight is 379 g/mol. The van der Waals surface area contributed by atoms with Gasteiger partial charge in [-0.3, -0.25) is 4.79 Å². The second kappa shape index (κ2) is 6.81. The molecule has 1 aliphatic carbocycles. The quantitative estimate of drug-likeness (QED) is 0.730. The van der Waals surface area contributed by atoms with Crippen LogP contribution in [0.15, 0.2) is 18.2 Å². The molecule has 26 heavy (non-hydrogen) atoms. The third-order valence-electron chi connectivity index (χ3n) is 7.61. The Labute approximate surface area is 163 Å². The minimum absolute atomic E-state index is 0. The van der Waals surface area contributed by atoms with E-state index in [1.165, 1.54) is 30.5 Å². The van der Waals surface area contributed by atoms with Crippen LogP contribution in [-0.4, -0.2) is 49.3 Å². The van der Waals surface area contributed by atoms with Crippen LogP contribution in [0.25, 0.3) is 0 Å². The summed E-state index contributed by atoms with van der Waals surface area (Å²) in [6, 6.07) is 6.74. The summed E-state index contributed by atoms with van der Waals surface area (Å²) in [5, 5.41) is 0. The van der Waals surface area contributed by atoms with Crippen molar-refractivity contribution in [3.05, 3.63) is 34.9 Å². The molecule has 144 valence electrons. The van der Waals surface area contributed by atoms with Crippen LogP contribution in [0.4, 0.5) is 0 Å². The number of primary amides is 1. The van der Waals surface area contributed by atoms with Crippen LogP contribution in [0.2, 0.25) is 0 Å². The number of quaternary nitrogens is 1. The number of halogens is 1. The van der Waals surface area contributed by atoms with E-state index in [1.54, 1.807) is 0 Å². The van der Waals surface area contributed by atoms with Gasteiger partial charge in [-0.1, -0.05) is 19.9 Å². The molecule has 4 rings (SSSR count). The number of nitrogens with zero attached hydrogens (tertiary/aromatic N) is 1. The molecule has 0 radical (unpaired) electrons. The van der Waals surface area contributed by atoms with E-state index in [9.17, 15) is 4.79 Å². The van der Waals surface area contributed by atoms with Gasteiger partial charge in [0.05, 0.1) is 19.6 Å². The molecule has 3 aliphatic rings. The lowest BCUT2D eigenvalue weighted by molar-refractivity contribution is -0.946. The second-order valence-electron chi connectivity index (χ2n) is 8.98. The van der Waals surface area contributed by atoms with Gasteiger partial charge in [0.15, 0.2) is 0 Å². The Morgan fingerprint density at radius 2 is 2.19 bits per heavy atom. The highest BCUT2D eigenvalue weighted by molar-refractivity contribution is 5.93. The number of carbonyl (C=O) groups excluding carboxylic acids is 1. The first kappa shape index (κ1) is 19.7. The van der Waals surface area contributed by atoms with Crippen molar-refractivity contribution >= 4 is 5.91 Å². The van der Waals surface area contributed by atoms with Crippen LogP contribution in [-0.2, 0) is 16.6 Å². The number of rotatable bonds is 3. The van der Waals surface area contributed by atoms with E-state index < -0.39 is 0 Å². The highest BCUT2D eigenvalue weighted by Gasteiger charge is 2.55. The largest absolute Gasteiger partial charge is 1.00 e. The molecule has 2 aliphatic heterocycles. The maximum Gasteiger partial charge on any atom is 0.248 e. The third-order valence-corrected chi connectivity index (χ3v) is 7.61. The number of nitrogens with two attached hydrogens (primary N) is 1. The van der Waals surface area contributed by atoms with E-state index in [1.807, 2.05) is 6.07 Å². The summed E-state index contributed by atoms with van der Waals surface area (Å²) in [6.45, 7) is 8.06. The molecule has 2 N–H and O–H groups in total. The summed E-state index contributed by atoms with van der Waals surface area (Å²) in [4.78, 5) is 11.6. The molecule has 2 saturated heterocycles. The van der Waals surface area contributed by atoms with E-state index in [2.05, 4.69) is 33.0 Å². The summed E-state index contributed by atoms with van der Waals surface area (Å²) in [7, 11) is 2.44. The standard InChI is InChI=1S/C21H30N2O2.ClH/c1-14-19-12-15-6-7-16(20(22)24)11-18(15)21(14,2)8-9-23(19,3)13-17-5-4-10-25-17;/h6-7,11,14,17,19H,4-5,8-10,12-13H2,1-3H3,(H-,22,24);1H/t14-,17-,19?,21-,23-;/m0./s1. The Morgan fingerprint density at radius 1 is 1.42 bits per heavy atom. The van der Waals surface area contributed by atoms with Crippen molar-refractivity contribution in [3.8, 4) is 0 Å². The lowest BCUT2D eigenvalue weighted by Gasteiger charge is -2.58. The maximum absolute atomic E-state index is 11.6. The molecule has 0 aromatic heterocycles. The number of piperidine rings is 1. The minimum atomic E-state index is -0.323. The Morgan fingerprint density at radius 3 is 2.85 bits per heavy atom. The summed E-state index contributed by atoms with van der Waals surface area (Å²) in [5.41, 5.74) is 9.08. The molecular weight excluding hydrogens is 348 g/mol. The van der Waals surface area contributed by atoms with Gasteiger partial charge in [0.2, 0.25) is 5.91 Å². The van der Waals surface area contributed by atoms with Gasteiger partial charge in [-0.15, -0.1) is 0 Å². The number of carbonyl (C=O) groups is 1. The van der Waals surface area contributed by atoms with E-state index in [-0.39, 0.29) is 23.7 Å². The molecule has 5 heteroatoms. The minimum Gasteiger partial charge on any atom is -1.00 e. The fourth-order valence-corrected chi connectivity index (χ4v) is 5.77. The zero-order valence-electron chi connectivity index (χ0n) is 16.1. The van der Waals surface area contributed by atoms with E-state index >= 15 is 0 Å². The lowest BCUT2D eigenvalue weighted by Crippen LogP contribution is -3.00. The van der Waals surface area contributed by atoms with Crippen molar-refractivity contribution in [1.29, 1.82) is 0 Å². The smallest absolute Gasteiger partial charge is 0.248 e. The first-order valence-electron chi connectivity index (χ1n) is 9.72. The molecule has 2 fully saturated rings. The Balaban J connectivity index is 0.00000196. The van der Waals surface area contributed by atoms with E-state index in [0.717, 1.165) is 30.5 Å². The topological polar surface area (TPSA) is 52.3 Å². The predicted molar refractivity (Wildman–Crippen MR) is 98.5 cm³/mol. The van der Waals surface area contributed by atoms with Gasteiger partial charge < -0.3 is 27.4 Å². The molecule has 2 bridgehead atoms. The van der Waals surface area contributed by atoms with Crippen molar-refractivity contribution in [2.24, 2.45) is 11.7 Å². The first-order valence-corrected chi connectivity index (χ1v) is 9.72. The second-order valence-corrected chi connectivity index (χ2v) is 8.98. The Hall–Kier alpha value is -1.10. The number of likely N-dealkylation sites (tertiary alicyclic amines) is 1. The van der Waals surface area contributed by atoms with Crippen LogP contribution in [0.3, 0.4) is 0 Å². The van der Waals surface area contributed by atoms with Gasteiger partial charge in [0.1, 0.15) is 12.6 Å². The van der Waals surface area contributed by atoms with Gasteiger partial charge in [-0.05, 0) is 36.1 Å². The molecule has 1 aromatic rings. The number of ether oxygens (including phenoxy) is 1. The number of amides is 1. The molecule has 1 amide bonds. The zero-order chi connectivity index (χ0) is 17.8. The summed E-state index contributed by atoms with van der Waals surface area (Å²) in [6.07, 6.45) is 5.10. The van der Waals surface area contributed by atoms with Crippen LogP contribution in [0, 0.1) is 5.92 Å². The fraction of sp³-hybridized carbons (Fsp3) is 0.667. The van der Waals surface area contributed by atoms with Crippen molar-refractivity contribution in [2.75, 3.05) is 26.7 Å². The molecule has 5 atom stereocenters. The first-order chi connectivity index (χ1) is 11.8. The number of fused-ring (bicyclic) bond motifs is 4. The SMILES string of the molecule is C[C@H]1C2Cc3ccc(C(N)=O)cc3[C@@]1(C)CC[N@@+]2(C)C[C@@H]1CCCO1.[Cl-]. The van der Waals surface area contributed by atoms with Gasteiger partial charge in [-0.25, -0.2) is 0 Å². The van der Waals surface area contributed by atoms with Gasteiger partial charge in [-0.2, -0.15) is 0 Å². The molecular formula is C21H31ClN2O2. The highest BCUT2D eigenvalue weighted by Crippen LogP contribution is 2.50. The number of hydrogen-bond donors (Lipinski definition) is 1. The van der Waals surface area contributed by atoms with Gasteiger partial charge >= 0.3 is 0 Å². The molecule has 1 unspecified atom stereocenters. The van der Waals surface area contributed by atoms with Crippen molar-refractivity contribution in [1.82, 2.24) is 0 Å². The van der Waals surface area contributed by atoms with Crippen LogP contribution in [0.1, 0.15) is 54.6 Å². The Bertz CT molecular complexity index is 703. The third kappa shape index (κ3) is 2.96. The van der Waals surface area contributed by atoms with Crippen LogP contribution >= 0.6 is 0 Å². The van der Waals surface area contributed by atoms with Gasteiger partial charge in [0, 0.05) is 36.3 Å². The fourth-order valence-electron chi connectivity index (χ4n) is 5.77. The van der Waals surface area contributed by atoms with E-state index in [4.69, 9.17) is 10.5 Å². The monoisotopic (exact) mass is 378 g/mol.